The fourth-order valence-electron chi connectivity index (χ4n) is 1.76. The van der Waals surface area contributed by atoms with Gasteiger partial charge in [0.2, 0.25) is 5.91 Å². The summed E-state index contributed by atoms with van der Waals surface area (Å²) in [5.74, 6) is 2.33. The Balaban J connectivity index is 0.00000180. The van der Waals surface area contributed by atoms with E-state index in [1.165, 1.54) is 0 Å². The summed E-state index contributed by atoms with van der Waals surface area (Å²) >= 11 is 7.82. The lowest BCUT2D eigenvalue weighted by Crippen LogP contribution is -2.41. The fraction of sp³-hybridized carbons (Fsp3) is 0.417. The highest BCUT2D eigenvalue weighted by atomic mass is 35.5. The van der Waals surface area contributed by atoms with E-state index in [-0.39, 0.29) is 24.4 Å². The van der Waals surface area contributed by atoms with Crippen molar-refractivity contribution < 1.29 is 9.53 Å². The van der Waals surface area contributed by atoms with Gasteiger partial charge in [0.25, 0.3) is 0 Å². The molecule has 4 nitrogen and oxygen atoms in total. The zero-order chi connectivity index (χ0) is 13.0. The van der Waals surface area contributed by atoms with Crippen molar-refractivity contribution >= 4 is 41.7 Å². The molecule has 19 heavy (non-hydrogen) atoms. The third kappa shape index (κ3) is 4.18. The van der Waals surface area contributed by atoms with Crippen LogP contribution in [0.4, 0.5) is 0 Å². The van der Waals surface area contributed by atoms with Gasteiger partial charge in [-0.2, -0.15) is 0 Å². The molecule has 1 unspecified atom stereocenters. The Bertz CT molecular complexity index is 440. The monoisotopic (exact) mass is 322 g/mol. The molecule has 2 N–H and O–H groups in total. The number of amides is 1. The van der Waals surface area contributed by atoms with Crippen LogP contribution >= 0.6 is 35.8 Å². The minimum absolute atomic E-state index is 0. The molecule has 0 bridgehead atoms. The molecule has 0 aliphatic carbocycles. The summed E-state index contributed by atoms with van der Waals surface area (Å²) in [6, 6.07) is 5.33. The van der Waals surface area contributed by atoms with Crippen LogP contribution < -0.4 is 15.4 Å². The van der Waals surface area contributed by atoms with Crippen molar-refractivity contribution in [2.75, 3.05) is 18.7 Å². The van der Waals surface area contributed by atoms with Gasteiger partial charge in [-0.25, -0.2) is 0 Å². The molecule has 0 saturated carbocycles. The summed E-state index contributed by atoms with van der Waals surface area (Å²) in [6.07, 6.45) is 0. The molecule has 0 aromatic heterocycles. The highest BCUT2D eigenvalue weighted by Crippen LogP contribution is 2.25. The van der Waals surface area contributed by atoms with Crippen molar-refractivity contribution in [3.63, 3.8) is 0 Å². The molecule has 106 valence electrons. The second-order valence-corrected chi connectivity index (χ2v) is 5.35. The lowest BCUT2D eigenvalue weighted by molar-refractivity contribution is -0.122. The van der Waals surface area contributed by atoms with Crippen LogP contribution in [0.5, 0.6) is 5.75 Å². The van der Waals surface area contributed by atoms with Crippen molar-refractivity contribution in [2.45, 2.75) is 12.6 Å². The van der Waals surface area contributed by atoms with E-state index >= 15 is 0 Å². The predicted molar refractivity (Wildman–Crippen MR) is 81.3 cm³/mol. The molecule has 1 amide bonds. The van der Waals surface area contributed by atoms with Crippen LogP contribution in [0.3, 0.4) is 0 Å². The molecule has 1 aliphatic heterocycles. The number of halogens is 2. The number of carbonyl (C=O) groups is 1. The molecule has 0 spiro atoms. The van der Waals surface area contributed by atoms with Crippen LogP contribution in [-0.4, -0.2) is 30.7 Å². The standard InChI is InChI=1S/C12H15ClN2O2S.ClH/c1-17-11-4-2-3-9(13)8(11)5-14-12(16)10-6-18-7-15-10;/h2-4,10,15H,5-7H2,1H3,(H,14,16);1H. The van der Waals surface area contributed by atoms with Crippen LogP contribution in [0.15, 0.2) is 18.2 Å². The Morgan fingerprint density at radius 1 is 1.63 bits per heavy atom. The minimum Gasteiger partial charge on any atom is -0.496 e. The number of hydrogen-bond acceptors (Lipinski definition) is 4. The van der Waals surface area contributed by atoms with E-state index in [1.54, 1.807) is 24.9 Å². The summed E-state index contributed by atoms with van der Waals surface area (Å²) in [5.41, 5.74) is 0.806. The molecule has 1 aromatic rings. The number of ether oxygens (including phenoxy) is 1. The zero-order valence-electron chi connectivity index (χ0n) is 10.4. The van der Waals surface area contributed by atoms with Crippen molar-refractivity contribution in [3.8, 4) is 5.75 Å². The SMILES string of the molecule is COc1cccc(Cl)c1CNC(=O)C1CSCN1.Cl. The molecule has 1 aromatic carbocycles. The average Bonchev–Trinajstić information content (AvgIpc) is 2.90. The molecular weight excluding hydrogens is 307 g/mol. The van der Waals surface area contributed by atoms with E-state index in [9.17, 15) is 4.79 Å². The maximum absolute atomic E-state index is 11.9. The van der Waals surface area contributed by atoms with Crippen LogP contribution in [0.2, 0.25) is 5.02 Å². The van der Waals surface area contributed by atoms with Crippen LogP contribution in [0, 0.1) is 0 Å². The van der Waals surface area contributed by atoms with Gasteiger partial charge in [-0.15, -0.1) is 24.2 Å². The van der Waals surface area contributed by atoms with Gasteiger partial charge in [0.1, 0.15) is 5.75 Å². The van der Waals surface area contributed by atoms with E-state index in [4.69, 9.17) is 16.3 Å². The maximum atomic E-state index is 11.9. The van der Waals surface area contributed by atoms with E-state index in [2.05, 4.69) is 10.6 Å². The highest BCUT2D eigenvalue weighted by Gasteiger charge is 2.22. The second kappa shape index (κ2) is 7.85. The normalized spacial score (nSPS) is 17.7. The number of hydrogen-bond donors (Lipinski definition) is 2. The predicted octanol–water partition coefficient (Wildman–Crippen LogP) is 2.05. The fourth-order valence-corrected chi connectivity index (χ4v) is 2.94. The smallest absolute Gasteiger partial charge is 0.238 e. The van der Waals surface area contributed by atoms with Crippen LogP contribution in [0.25, 0.3) is 0 Å². The zero-order valence-corrected chi connectivity index (χ0v) is 12.8. The number of thioether (sulfide) groups is 1. The first-order chi connectivity index (χ1) is 8.72. The Morgan fingerprint density at radius 3 is 3.05 bits per heavy atom. The number of methoxy groups -OCH3 is 1. The molecule has 1 aliphatic rings. The van der Waals surface area contributed by atoms with Crippen LogP contribution in [-0.2, 0) is 11.3 Å². The Labute approximate surface area is 128 Å². The molecule has 1 heterocycles. The molecule has 1 atom stereocenters. The molecule has 0 radical (unpaired) electrons. The first kappa shape index (κ1) is 16.4. The number of nitrogens with one attached hydrogen (secondary N) is 2. The lowest BCUT2D eigenvalue weighted by atomic mass is 10.2. The summed E-state index contributed by atoms with van der Waals surface area (Å²) in [4.78, 5) is 11.9. The summed E-state index contributed by atoms with van der Waals surface area (Å²) in [6.45, 7) is 0.379. The number of benzene rings is 1. The van der Waals surface area contributed by atoms with Crippen molar-refractivity contribution in [2.24, 2.45) is 0 Å². The Morgan fingerprint density at radius 2 is 2.42 bits per heavy atom. The molecular formula is C12H16Cl2N2O2S. The van der Waals surface area contributed by atoms with E-state index < -0.39 is 0 Å². The van der Waals surface area contributed by atoms with Gasteiger partial charge in [0, 0.05) is 28.8 Å². The summed E-state index contributed by atoms with van der Waals surface area (Å²) in [7, 11) is 1.59. The second-order valence-electron chi connectivity index (χ2n) is 3.91. The van der Waals surface area contributed by atoms with Gasteiger partial charge in [0.15, 0.2) is 0 Å². The van der Waals surface area contributed by atoms with E-state index in [1.807, 2.05) is 12.1 Å². The van der Waals surface area contributed by atoms with Gasteiger partial charge >= 0.3 is 0 Å². The maximum Gasteiger partial charge on any atom is 0.238 e. The third-order valence-corrected chi connectivity index (χ3v) is 4.06. The Kier molecular flexibility index (Phi) is 6.79. The molecule has 1 saturated heterocycles. The van der Waals surface area contributed by atoms with Gasteiger partial charge in [0.05, 0.1) is 13.2 Å². The summed E-state index contributed by atoms with van der Waals surface area (Å²) in [5, 5.41) is 6.60. The highest BCUT2D eigenvalue weighted by molar-refractivity contribution is 7.99. The average molecular weight is 323 g/mol. The number of carbonyl (C=O) groups excluding carboxylic acids is 1. The topological polar surface area (TPSA) is 50.4 Å². The van der Waals surface area contributed by atoms with E-state index in [0.717, 1.165) is 17.2 Å². The van der Waals surface area contributed by atoms with Crippen molar-refractivity contribution in [1.82, 2.24) is 10.6 Å². The lowest BCUT2D eigenvalue weighted by Gasteiger charge is -2.13. The van der Waals surface area contributed by atoms with Crippen molar-refractivity contribution in [3.05, 3.63) is 28.8 Å². The molecule has 2 rings (SSSR count). The van der Waals surface area contributed by atoms with E-state index in [0.29, 0.717) is 17.3 Å². The molecule has 7 heteroatoms. The largest absolute Gasteiger partial charge is 0.496 e. The quantitative estimate of drug-likeness (QED) is 0.890. The number of rotatable bonds is 4. The van der Waals surface area contributed by atoms with Gasteiger partial charge in [-0.05, 0) is 12.1 Å². The van der Waals surface area contributed by atoms with Crippen molar-refractivity contribution in [1.29, 1.82) is 0 Å². The van der Waals surface area contributed by atoms with Crippen LogP contribution in [0.1, 0.15) is 5.56 Å². The van der Waals surface area contributed by atoms with Gasteiger partial charge in [-0.3, -0.25) is 10.1 Å². The molecule has 1 fully saturated rings. The van der Waals surface area contributed by atoms with Gasteiger partial charge < -0.3 is 10.1 Å². The first-order valence-corrected chi connectivity index (χ1v) is 7.16. The Hall–Kier alpha value is -0.620. The van der Waals surface area contributed by atoms with Gasteiger partial charge in [-0.1, -0.05) is 17.7 Å². The minimum atomic E-state index is -0.108. The summed E-state index contributed by atoms with van der Waals surface area (Å²) < 4.78 is 5.23. The first-order valence-electron chi connectivity index (χ1n) is 5.62. The third-order valence-electron chi connectivity index (χ3n) is 2.77.